The van der Waals surface area contributed by atoms with Gasteiger partial charge in [-0.3, -0.25) is 19.5 Å². The first-order valence-corrected chi connectivity index (χ1v) is 14.9. The van der Waals surface area contributed by atoms with Gasteiger partial charge in [0, 0.05) is 56.1 Å². The Morgan fingerprint density at radius 2 is 1.68 bits per heavy atom. The number of nitrogens with one attached hydrogen (secondary N) is 1. The summed E-state index contributed by atoms with van der Waals surface area (Å²) < 4.78 is 2.19. The molecule has 40 heavy (non-hydrogen) atoms. The average Bonchev–Trinajstić information content (AvgIpc) is 3.61. The Morgan fingerprint density at radius 1 is 0.900 bits per heavy atom. The van der Waals surface area contributed by atoms with E-state index in [1.54, 1.807) is 30.1 Å². The van der Waals surface area contributed by atoms with Crippen LogP contribution in [0.2, 0.25) is 0 Å². The number of rotatable bonds is 8. The van der Waals surface area contributed by atoms with Crippen molar-refractivity contribution < 1.29 is 9.59 Å². The van der Waals surface area contributed by atoms with Crippen LogP contribution < -0.4 is 5.32 Å². The molecule has 1 saturated heterocycles. The minimum Gasteiger partial charge on any atom is -0.336 e. The zero-order valence-electron chi connectivity index (χ0n) is 22.4. The molecular weight excluding hydrogens is 518 g/mol. The van der Waals surface area contributed by atoms with E-state index in [0.717, 1.165) is 55.2 Å². The van der Waals surface area contributed by atoms with Gasteiger partial charge >= 0.3 is 0 Å². The van der Waals surface area contributed by atoms with Crippen LogP contribution in [-0.4, -0.2) is 63.9 Å². The standard InChI is InChI=1S/C32H33N5O2S/c38-30(34-28-14-17-37-29(28)23-40-32(37)25-11-6-15-33-22-25)26-12-4-5-13-27(26)31(39)36-20-18-35(19-21-36)16-7-10-24-8-2-1-3-9-24/h1-6,8-9,11-15,17,22,32H,7,10,16,18-21,23H2,(H,34,38). The van der Waals surface area contributed by atoms with Crippen molar-refractivity contribution in [3.8, 4) is 0 Å². The molecule has 204 valence electrons. The number of hydrogen-bond acceptors (Lipinski definition) is 5. The first kappa shape index (κ1) is 26.3. The minimum absolute atomic E-state index is 0.0796. The van der Waals surface area contributed by atoms with Crippen LogP contribution in [0, 0.1) is 0 Å². The highest BCUT2D eigenvalue weighted by Crippen LogP contribution is 2.43. The molecule has 1 fully saturated rings. The molecule has 0 aliphatic carbocycles. The monoisotopic (exact) mass is 551 g/mol. The predicted octanol–water partition coefficient (Wildman–Crippen LogP) is 5.32. The fourth-order valence-corrected chi connectivity index (χ4v) is 6.85. The maximum absolute atomic E-state index is 13.5. The van der Waals surface area contributed by atoms with Crippen molar-refractivity contribution in [2.24, 2.45) is 0 Å². The fraction of sp³-hybridized carbons (Fsp3) is 0.281. The van der Waals surface area contributed by atoms with Gasteiger partial charge in [0.05, 0.1) is 22.5 Å². The highest BCUT2D eigenvalue weighted by molar-refractivity contribution is 7.99. The fourth-order valence-electron chi connectivity index (χ4n) is 5.54. The number of aromatic nitrogens is 2. The third kappa shape index (κ3) is 5.69. The number of pyridine rings is 1. The molecule has 8 heteroatoms. The van der Waals surface area contributed by atoms with Gasteiger partial charge in [0.1, 0.15) is 5.37 Å². The van der Waals surface area contributed by atoms with E-state index in [2.05, 4.69) is 50.1 Å². The number of benzene rings is 2. The first-order valence-electron chi connectivity index (χ1n) is 13.8. The maximum atomic E-state index is 13.5. The molecule has 1 atom stereocenters. The molecule has 1 unspecified atom stereocenters. The summed E-state index contributed by atoms with van der Waals surface area (Å²) in [5.74, 6) is 0.453. The Hall–Kier alpha value is -3.88. The van der Waals surface area contributed by atoms with Gasteiger partial charge in [-0.05, 0) is 49.2 Å². The molecule has 4 heterocycles. The lowest BCUT2D eigenvalue weighted by Crippen LogP contribution is -2.49. The van der Waals surface area contributed by atoms with Crippen molar-refractivity contribution in [2.45, 2.75) is 24.0 Å². The number of hydrogen-bond donors (Lipinski definition) is 1. The summed E-state index contributed by atoms with van der Waals surface area (Å²) in [4.78, 5) is 35.5. The van der Waals surface area contributed by atoms with Gasteiger partial charge in [-0.2, -0.15) is 0 Å². The number of carbonyl (C=O) groups excluding carboxylic acids is 2. The SMILES string of the molecule is O=C(Nc1ccn2c1CSC2c1cccnc1)c1ccccc1C(=O)N1CCN(CCCc2ccccc2)CC1. The van der Waals surface area contributed by atoms with Crippen molar-refractivity contribution in [3.05, 3.63) is 119 Å². The first-order chi connectivity index (χ1) is 19.7. The van der Waals surface area contributed by atoms with Gasteiger partial charge in [-0.1, -0.05) is 48.5 Å². The van der Waals surface area contributed by atoms with Crippen molar-refractivity contribution in [2.75, 3.05) is 38.0 Å². The van der Waals surface area contributed by atoms with Crippen LogP contribution in [0.1, 0.15) is 49.3 Å². The molecule has 1 N–H and O–H groups in total. The van der Waals surface area contributed by atoms with Gasteiger partial charge in [0.25, 0.3) is 11.8 Å². The smallest absolute Gasteiger partial charge is 0.256 e. The second-order valence-electron chi connectivity index (χ2n) is 10.3. The van der Waals surface area contributed by atoms with E-state index in [9.17, 15) is 9.59 Å². The van der Waals surface area contributed by atoms with Gasteiger partial charge in [0.2, 0.25) is 0 Å². The number of piperazine rings is 1. The lowest BCUT2D eigenvalue weighted by Gasteiger charge is -2.35. The van der Waals surface area contributed by atoms with Crippen LogP contribution >= 0.6 is 11.8 Å². The number of thioether (sulfide) groups is 1. The van der Waals surface area contributed by atoms with Crippen LogP contribution in [0.4, 0.5) is 5.69 Å². The Bertz CT molecular complexity index is 1470. The number of aryl methyl sites for hydroxylation is 1. The maximum Gasteiger partial charge on any atom is 0.256 e. The van der Waals surface area contributed by atoms with E-state index in [-0.39, 0.29) is 17.2 Å². The summed E-state index contributed by atoms with van der Waals surface area (Å²) in [6, 6.07) is 23.7. The van der Waals surface area contributed by atoms with E-state index in [1.165, 1.54) is 5.56 Å². The molecule has 2 aliphatic heterocycles. The third-order valence-corrected chi connectivity index (χ3v) is 8.97. The van der Waals surface area contributed by atoms with E-state index >= 15 is 0 Å². The quantitative estimate of drug-likeness (QED) is 0.321. The molecule has 4 aromatic rings. The molecule has 2 aromatic carbocycles. The molecule has 0 bridgehead atoms. The van der Waals surface area contributed by atoms with Crippen molar-refractivity contribution in [1.29, 1.82) is 0 Å². The molecule has 2 amide bonds. The zero-order chi connectivity index (χ0) is 27.3. The molecule has 2 aromatic heterocycles. The van der Waals surface area contributed by atoms with Crippen LogP contribution in [-0.2, 0) is 12.2 Å². The van der Waals surface area contributed by atoms with E-state index in [1.807, 2.05) is 47.6 Å². The number of nitrogens with zero attached hydrogens (tertiary/aromatic N) is 4. The number of amides is 2. The molecule has 0 radical (unpaired) electrons. The normalized spacial score (nSPS) is 17.0. The molecule has 0 saturated carbocycles. The highest BCUT2D eigenvalue weighted by Gasteiger charge is 2.29. The van der Waals surface area contributed by atoms with Crippen molar-refractivity contribution in [3.63, 3.8) is 0 Å². The lowest BCUT2D eigenvalue weighted by atomic mass is 10.0. The zero-order valence-corrected chi connectivity index (χ0v) is 23.2. The largest absolute Gasteiger partial charge is 0.336 e. The van der Waals surface area contributed by atoms with Gasteiger partial charge < -0.3 is 14.8 Å². The molecular formula is C32H33N5O2S. The highest BCUT2D eigenvalue weighted by atomic mass is 32.2. The van der Waals surface area contributed by atoms with Crippen LogP contribution in [0.25, 0.3) is 0 Å². The molecule has 2 aliphatic rings. The van der Waals surface area contributed by atoms with E-state index in [0.29, 0.717) is 24.2 Å². The Balaban J connectivity index is 1.07. The minimum atomic E-state index is -0.257. The molecule has 7 nitrogen and oxygen atoms in total. The van der Waals surface area contributed by atoms with Crippen LogP contribution in [0.5, 0.6) is 0 Å². The Morgan fingerprint density at radius 3 is 2.45 bits per heavy atom. The van der Waals surface area contributed by atoms with Gasteiger partial charge in [-0.15, -0.1) is 11.8 Å². The number of carbonyl (C=O) groups is 2. The van der Waals surface area contributed by atoms with Crippen molar-refractivity contribution in [1.82, 2.24) is 19.4 Å². The average molecular weight is 552 g/mol. The predicted molar refractivity (Wildman–Crippen MR) is 160 cm³/mol. The summed E-state index contributed by atoms with van der Waals surface area (Å²) >= 11 is 1.81. The Labute approximate surface area is 239 Å². The summed E-state index contributed by atoms with van der Waals surface area (Å²) in [7, 11) is 0. The number of anilines is 1. The van der Waals surface area contributed by atoms with Crippen LogP contribution in [0.3, 0.4) is 0 Å². The van der Waals surface area contributed by atoms with Crippen molar-refractivity contribution >= 4 is 29.3 Å². The second kappa shape index (κ2) is 12.1. The molecule has 0 spiro atoms. The summed E-state index contributed by atoms with van der Waals surface area (Å²) in [5, 5.41) is 3.22. The number of fused-ring (bicyclic) bond motifs is 1. The second-order valence-corrected chi connectivity index (χ2v) is 11.3. The lowest BCUT2D eigenvalue weighted by molar-refractivity contribution is 0.0633. The van der Waals surface area contributed by atoms with Crippen LogP contribution in [0.15, 0.2) is 91.4 Å². The molecule has 6 rings (SSSR count). The van der Waals surface area contributed by atoms with Gasteiger partial charge in [-0.25, -0.2) is 0 Å². The van der Waals surface area contributed by atoms with Gasteiger partial charge in [0.15, 0.2) is 0 Å². The Kier molecular flexibility index (Phi) is 7.97. The summed E-state index contributed by atoms with van der Waals surface area (Å²) in [6.45, 7) is 4.06. The summed E-state index contributed by atoms with van der Waals surface area (Å²) in [5.41, 5.74) is 5.22. The summed E-state index contributed by atoms with van der Waals surface area (Å²) in [6.07, 6.45) is 7.84. The van der Waals surface area contributed by atoms with E-state index < -0.39 is 0 Å². The van der Waals surface area contributed by atoms with E-state index in [4.69, 9.17) is 0 Å². The third-order valence-electron chi connectivity index (χ3n) is 7.72. The topological polar surface area (TPSA) is 70.5 Å².